The van der Waals surface area contributed by atoms with Crippen LogP contribution in [-0.2, 0) is 26.9 Å². The maximum absolute atomic E-state index is 12.2. The van der Waals surface area contributed by atoms with Crippen molar-refractivity contribution in [2.75, 3.05) is 0 Å². The smallest absolute Gasteiger partial charge is 0.238 e. The van der Waals surface area contributed by atoms with Crippen molar-refractivity contribution in [3.8, 4) is 0 Å². The molecule has 22 heavy (non-hydrogen) atoms. The molecule has 0 unspecified atom stereocenters. The van der Waals surface area contributed by atoms with Gasteiger partial charge in [0.15, 0.2) is 15.6 Å². The van der Waals surface area contributed by atoms with Crippen molar-refractivity contribution in [3.63, 3.8) is 0 Å². The first kappa shape index (κ1) is 16.2. The molecule has 0 spiro atoms. The third-order valence-electron chi connectivity index (χ3n) is 3.24. The van der Waals surface area contributed by atoms with Gasteiger partial charge in [-0.15, -0.1) is 0 Å². The van der Waals surface area contributed by atoms with E-state index in [1.165, 1.54) is 6.92 Å². The summed E-state index contributed by atoms with van der Waals surface area (Å²) in [4.78, 5) is 12.0. The Kier molecular flexibility index (Phi) is 4.97. The molecule has 1 aromatic carbocycles. The number of sulfone groups is 1. The van der Waals surface area contributed by atoms with Gasteiger partial charge in [0.25, 0.3) is 0 Å². The van der Waals surface area contributed by atoms with Crippen molar-refractivity contribution >= 4 is 15.7 Å². The number of nitrogens with zero attached hydrogens (tertiary/aromatic N) is 1. The average Bonchev–Trinajstić information content (AvgIpc) is 2.89. The molecule has 2 aromatic rings. The van der Waals surface area contributed by atoms with Crippen molar-refractivity contribution < 1.29 is 17.7 Å². The molecule has 1 N–H and O–H groups in total. The molecule has 6 nitrogen and oxygen atoms in total. The number of hydrogen-bond donors (Lipinski definition) is 1. The zero-order valence-electron chi connectivity index (χ0n) is 12.4. The highest BCUT2D eigenvalue weighted by Gasteiger charge is 2.29. The molecule has 2 rings (SSSR count). The Morgan fingerprint density at radius 2 is 2.00 bits per heavy atom. The van der Waals surface area contributed by atoms with Crippen LogP contribution in [0.4, 0.5) is 0 Å². The van der Waals surface area contributed by atoms with Crippen LogP contribution < -0.4 is 5.32 Å². The SMILES string of the molecule is Cc1cc(CS(=O)(=O)[C@H](C)C(=O)NCc2ccccc2)on1. The van der Waals surface area contributed by atoms with Gasteiger partial charge in [-0.2, -0.15) is 0 Å². The van der Waals surface area contributed by atoms with Gasteiger partial charge in [0, 0.05) is 12.6 Å². The minimum Gasteiger partial charge on any atom is -0.360 e. The maximum Gasteiger partial charge on any atom is 0.238 e. The van der Waals surface area contributed by atoms with Gasteiger partial charge >= 0.3 is 0 Å². The van der Waals surface area contributed by atoms with Crippen molar-refractivity contribution in [1.82, 2.24) is 10.5 Å². The zero-order chi connectivity index (χ0) is 16.2. The molecule has 118 valence electrons. The van der Waals surface area contributed by atoms with E-state index in [1.54, 1.807) is 13.0 Å². The largest absolute Gasteiger partial charge is 0.360 e. The van der Waals surface area contributed by atoms with Crippen LogP contribution in [0.5, 0.6) is 0 Å². The van der Waals surface area contributed by atoms with E-state index in [0.29, 0.717) is 12.2 Å². The Morgan fingerprint density at radius 3 is 2.59 bits per heavy atom. The van der Waals surface area contributed by atoms with Crippen LogP contribution in [0.15, 0.2) is 40.9 Å². The van der Waals surface area contributed by atoms with Crippen molar-refractivity contribution in [2.24, 2.45) is 0 Å². The van der Waals surface area contributed by atoms with E-state index in [9.17, 15) is 13.2 Å². The zero-order valence-corrected chi connectivity index (χ0v) is 13.3. The summed E-state index contributed by atoms with van der Waals surface area (Å²) in [6.45, 7) is 3.37. The number of amides is 1. The highest BCUT2D eigenvalue weighted by atomic mass is 32.2. The first-order chi connectivity index (χ1) is 10.4. The van der Waals surface area contributed by atoms with E-state index in [1.807, 2.05) is 30.3 Å². The van der Waals surface area contributed by atoms with Crippen LogP contribution in [0.25, 0.3) is 0 Å². The highest BCUT2D eigenvalue weighted by molar-refractivity contribution is 7.92. The number of nitrogens with one attached hydrogen (secondary N) is 1. The molecule has 0 aliphatic rings. The van der Waals surface area contributed by atoms with Crippen LogP contribution >= 0.6 is 0 Å². The summed E-state index contributed by atoms with van der Waals surface area (Å²) in [5.41, 5.74) is 1.51. The first-order valence-corrected chi connectivity index (χ1v) is 8.55. The number of hydrogen-bond acceptors (Lipinski definition) is 5. The lowest BCUT2D eigenvalue weighted by Gasteiger charge is -2.12. The lowest BCUT2D eigenvalue weighted by atomic mass is 10.2. The quantitative estimate of drug-likeness (QED) is 0.872. The lowest BCUT2D eigenvalue weighted by Crippen LogP contribution is -2.38. The molecule has 1 aromatic heterocycles. The fourth-order valence-corrected chi connectivity index (χ4v) is 3.09. The van der Waals surface area contributed by atoms with Gasteiger partial charge in [0.1, 0.15) is 11.0 Å². The molecule has 7 heteroatoms. The Hall–Kier alpha value is -2.15. The van der Waals surface area contributed by atoms with E-state index in [0.717, 1.165) is 5.56 Å². The molecule has 0 saturated heterocycles. The maximum atomic E-state index is 12.2. The molecule has 0 aliphatic carbocycles. The molecule has 1 amide bonds. The van der Waals surface area contributed by atoms with Gasteiger partial charge in [0.2, 0.25) is 5.91 Å². The molecule has 1 atom stereocenters. The minimum absolute atomic E-state index is 0.236. The van der Waals surface area contributed by atoms with Crippen LogP contribution in [0.2, 0.25) is 0 Å². The van der Waals surface area contributed by atoms with Gasteiger partial charge in [-0.1, -0.05) is 35.5 Å². The Morgan fingerprint density at radius 1 is 1.32 bits per heavy atom. The lowest BCUT2D eigenvalue weighted by molar-refractivity contribution is -0.120. The summed E-state index contributed by atoms with van der Waals surface area (Å²) in [5.74, 6) is -0.631. The average molecular weight is 322 g/mol. The predicted octanol–water partition coefficient (Wildman–Crippen LogP) is 1.60. The van der Waals surface area contributed by atoms with E-state index >= 15 is 0 Å². The first-order valence-electron chi connectivity index (χ1n) is 6.84. The van der Waals surface area contributed by atoms with Crippen molar-refractivity contribution in [2.45, 2.75) is 31.4 Å². The Balaban J connectivity index is 1.96. The fraction of sp³-hybridized carbons (Fsp3) is 0.333. The molecular formula is C15H18N2O4S. The fourth-order valence-electron chi connectivity index (χ4n) is 1.90. The molecular weight excluding hydrogens is 304 g/mol. The molecule has 0 radical (unpaired) electrons. The highest BCUT2D eigenvalue weighted by Crippen LogP contribution is 2.12. The van der Waals surface area contributed by atoms with E-state index in [2.05, 4.69) is 10.5 Å². The number of aryl methyl sites for hydroxylation is 1. The number of benzene rings is 1. The second-order valence-electron chi connectivity index (χ2n) is 5.09. The molecule has 0 fully saturated rings. The van der Waals surface area contributed by atoms with E-state index < -0.39 is 21.0 Å². The summed E-state index contributed by atoms with van der Waals surface area (Å²) in [6.07, 6.45) is 0. The molecule has 0 bridgehead atoms. The van der Waals surface area contributed by atoms with Gasteiger partial charge in [-0.3, -0.25) is 4.79 Å². The normalized spacial score (nSPS) is 12.8. The Bertz CT molecular complexity index is 738. The summed E-state index contributed by atoms with van der Waals surface area (Å²) in [6, 6.07) is 10.8. The summed E-state index contributed by atoms with van der Waals surface area (Å²) >= 11 is 0. The number of rotatable bonds is 6. The second-order valence-corrected chi connectivity index (χ2v) is 7.41. The predicted molar refractivity (Wildman–Crippen MR) is 81.6 cm³/mol. The van der Waals surface area contributed by atoms with Crippen molar-refractivity contribution in [1.29, 1.82) is 0 Å². The number of carbonyl (C=O) groups is 1. The molecule has 0 saturated carbocycles. The van der Waals surface area contributed by atoms with Crippen LogP contribution in [-0.4, -0.2) is 24.7 Å². The summed E-state index contributed by atoms with van der Waals surface area (Å²) in [7, 11) is -3.65. The third kappa shape index (κ3) is 4.17. The van der Waals surface area contributed by atoms with E-state index in [-0.39, 0.29) is 11.5 Å². The Labute approximate surface area is 129 Å². The van der Waals surface area contributed by atoms with Crippen LogP contribution in [0.3, 0.4) is 0 Å². The van der Waals surface area contributed by atoms with Gasteiger partial charge in [0.05, 0.1) is 5.69 Å². The topological polar surface area (TPSA) is 89.3 Å². The van der Waals surface area contributed by atoms with Crippen LogP contribution in [0, 0.1) is 6.92 Å². The standard InChI is InChI=1S/C15H18N2O4S/c1-11-8-14(21-17-11)10-22(19,20)12(2)15(18)16-9-13-6-4-3-5-7-13/h3-8,12H,9-10H2,1-2H3,(H,16,18)/t12-/m1/s1. The van der Waals surface area contributed by atoms with Crippen LogP contribution in [0.1, 0.15) is 23.9 Å². The van der Waals surface area contributed by atoms with Gasteiger partial charge in [-0.05, 0) is 19.4 Å². The van der Waals surface area contributed by atoms with Crippen molar-refractivity contribution in [3.05, 3.63) is 53.4 Å². The second kappa shape index (κ2) is 6.74. The van der Waals surface area contributed by atoms with E-state index in [4.69, 9.17) is 4.52 Å². The molecule has 0 aliphatic heterocycles. The van der Waals surface area contributed by atoms with Gasteiger partial charge < -0.3 is 9.84 Å². The summed E-state index contributed by atoms with van der Waals surface area (Å²) < 4.78 is 29.3. The van der Waals surface area contributed by atoms with Gasteiger partial charge in [-0.25, -0.2) is 8.42 Å². The number of aromatic nitrogens is 1. The minimum atomic E-state index is -3.65. The monoisotopic (exact) mass is 322 g/mol. The number of carbonyl (C=O) groups excluding carboxylic acids is 1. The molecule has 1 heterocycles. The summed E-state index contributed by atoms with van der Waals surface area (Å²) in [5, 5.41) is 5.12. The third-order valence-corrected chi connectivity index (χ3v) is 5.22.